The molecular weight excluding hydrogens is 451 g/mol. The van der Waals surface area contributed by atoms with Crippen LogP contribution < -0.4 is 4.74 Å². The zero-order valence-electron chi connectivity index (χ0n) is 18.4. The van der Waals surface area contributed by atoms with E-state index in [9.17, 15) is 18.0 Å². The van der Waals surface area contributed by atoms with Gasteiger partial charge in [-0.25, -0.2) is 4.79 Å². The first-order valence-electron chi connectivity index (χ1n) is 11.7. The molecule has 0 N–H and O–H groups in total. The van der Waals surface area contributed by atoms with Crippen LogP contribution in [0, 0.1) is 5.92 Å². The van der Waals surface area contributed by atoms with E-state index in [1.807, 2.05) is 0 Å². The van der Waals surface area contributed by atoms with Crippen LogP contribution in [-0.4, -0.2) is 56.6 Å². The van der Waals surface area contributed by atoms with Crippen LogP contribution in [0.4, 0.5) is 13.2 Å². The molecule has 8 nitrogen and oxygen atoms in total. The highest BCUT2D eigenvalue weighted by atomic mass is 19.4. The number of piperidine rings is 1. The Balaban J connectivity index is 1.28. The van der Waals surface area contributed by atoms with Gasteiger partial charge in [0.2, 0.25) is 5.89 Å². The summed E-state index contributed by atoms with van der Waals surface area (Å²) in [6.07, 6.45) is 1.21. The number of aromatic nitrogens is 4. The molecule has 3 heterocycles. The largest absolute Gasteiger partial charge is 0.491 e. The molecule has 2 aliphatic carbocycles. The van der Waals surface area contributed by atoms with E-state index in [-0.39, 0.29) is 23.5 Å². The molecule has 1 aliphatic heterocycles. The van der Waals surface area contributed by atoms with Crippen LogP contribution in [0.15, 0.2) is 22.7 Å². The highest BCUT2D eigenvalue weighted by Gasteiger charge is 2.42. The van der Waals surface area contributed by atoms with Crippen molar-refractivity contribution in [2.24, 2.45) is 5.92 Å². The number of hydrogen-bond donors (Lipinski definition) is 0. The van der Waals surface area contributed by atoms with Crippen LogP contribution in [0.3, 0.4) is 0 Å². The van der Waals surface area contributed by atoms with Crippen molar-refractivity contribution < 1.29 is 27.2 Å². The van der Waals surface area contributed by atoms with E-state index in [1.54, 1.807) is 6.07 Å². The number of esters is 1. The van der Waals surface area contributed by atoms with Crippen LogP contribution in [0.2, 0.25) is 0 Å². The van der Waals surface area contributed by atoms with Crippen LogP contribution >= 0.6 is 0 Å². The number of ether oxygens (including phenoxy) is 1. The van der Waals surface area contributed by atoms with Gasteiger partial charge < -0.3 is 14.2 Å². The lowest BCUT2D eigenvalue weighted by atomic mass is 9.96. The summed E-state index contributed by atoms with van der Waals surface area (Å²) in [6.45, 7) is 3.18. The second-order valence-electron chi connectivity index (χ2n) is 9.56. The molecule has 1 saturated heterocycles. The molecule has 3 aromatic rings. The Hall–Kier alpha value is -2.95. The molecule has 0 amide bonds. The summed E-state index contributed by atoms with van der Waals surface area (Å²) in [5.74, 6) is -0.518. The summed E-state index contributed by atoms with van der Waals surface area (Å²) in [7, 11) is 0. The molecule has 2 saturated carbocycles. The van der Waals surface area contributed by atoms with Gasteiger partial charge in [0, 0.05) is 18.4 Å². The predicted octanol–water partition coefficient (Wildman–Crippen LogP) is 4.34. The Kier molecular flexibility index (Phi) is 5.12. The number of fused-ring (bicyclic) bond motifs is 1. The maximum atomic E-state index is 12.8. The Morgan fingerprint density at radius 1 is 1.09 bits per heavy atom. The van der Waals surface area contributed by atoms with Crippen LogP contribution in [0.5, 0.6) is 5.75 Å². The lowest BCUT2D eigenvalue weighted by molar-refractivity contribution is -0.189. The Bertz CT molecular complexity index is 1220. The van der Waals surface area contributed by atoms with Crippen molar-refractivity contribution in [1.82, 2.24) is 24.8 Å². The number of carbonyl (C=O) groups excluding carboxylic acids is 1. The molecule has 0 atom stereocenters. The number of alkyl halides is 3. The van der Waals surface area contributed by atoms with Gasteiger partial charge in [-0.2, -0.15) is 27.9 Å². The third-order valence-corrected chi connectivity index (χ3v) is 6.87. The maximum absolute atomic E-state index is 12.8. The van der Waals surface area contributed by atoms with E-state index in [4.69, 9.17) is 9.26 Å². The van der Waals surface area contributed by atoms with E-state index >= 15 is 0 Å². The molecule has 0 unspecified atom stereocenters. The molecule has 0 bridgehead atoms. The molecule has 180 valence electrons. The van der Waals surface area contributed by atoms with Gasteiger partial charge in [0.25, 0.3) is 5.95 Å². The minimum absolute atomic E-state index is 0.0941. The summed E-state index contributed by atoms with van der Waals surface area (Å²) < 4.78 is 50.2. The van der Waals surface area contributed by atoms with Gasteiger partial charge in [-0.1, -0.05) is 6.07 Å². The Morgan fingerprint density at radius 2 is 1.85 bits per heavy atom. The molecular formula is C23H24F3N5O3. The smallest absolute Gasteiger partial charge is 0.419 e. The summed E-state index contributed by atoms with van der Waals surface area (Å²) in [5.41, 5.74) is 1.06. The molecule has 0 spiro atoms. The van der Waals surface area contributed by atoms with Gasteiger partial charge in [0.15, 0.2) is 0 Å². The second-order valence-corrected chi connectivity index (χ2v) is 9.56. The minimum atomic E-state index is -5.09. The molecule has 11 heteroatoms. The number of benzene rings is 1. The van der Waals surface area contributed by atoms with Gasteiger partial charge in [0.05, 0.1) is 16.6 Å². The first-order valence-corrected chi connectivity index (χ1v) is 11.7. The van der Waals surface area contributed by atoms with Crippen LogP contribution in [0.1, 0.15) is 61.9 Å². The SMILES string of the molecule is O=C(Oc1cccc2c1c(C1CC1)nn2-c1noc(C2CCN(CC3CC3)CC2)n1)C(F)(F)F. The van der Waals surface area contributed by atoms with Gasteiger partial charge in [-0.05, 0) is 74.8 Å². The van der Waals surface area contributed by atoms with E-state index in [1.165, 1.54) is 36.2 Å². The Morgan fingerprint density at radius 3 is 2.53 bits per heavy atom. The molecule has 1 aromatic carbocycles. The fourth-order valence-corrected chi connectivity index (χ4v) is 4.71. The van der Waals surface area contributed by atoms with Gasteiger partial charge in [-0.15, -0.1) is 0 Å². The maximum Gasteiger partial charge on any atom is 0.491 e. The van der Waals surface area contributed by atoms with Crippen molar-refractivity contribution >= 4 is 16.9 Å². The van der Waals surface area contributed by atoms with E-state index < -0.39 is 12.1 Å². The second kappa shape index (κ2) is 8.07. The van der Waals surface area contributed by atoms with E-state index in [0.717, 1.165) is 44.7 Å². The number of carbonyl (C=O) groups is 1. The average Bonchev–Trinajstić information content (AvgIpc) is 3.73. The van der Waals surface area contributed by atoms with E-state index in [0.29, 0.717) is 22.5 Å². The average molecular weight is 475 g/mol. The molecule has 3 fully saturated rings. The minimum Gasteiger partial charge on any atom is -0.419 e. The monoisotopic (exact) mass is 475 g/mol. The number of hydrogen-bond acceptors (Lipinski definition) is 7. The fraction of sp³-hybridized carbons (Fsp3) is 0.565. The summed E-state index contributed by atoms with van der Waals surface area (Å²) in [5, 5.41) is 9.11. The van der Waals surface area contributed by atoms with Gasteiger partial charge >= 0.3 is 12.1 Å². The first kappa shape index (κ1) is 21.6. The number of rotatable bonds is 6. The van der Waals surface area contributed by atoms with Crippen molar-refractivity contribution in [1.29, 1.82) is 0 Å². The number of likely N-dealkylation sites (tertiary alicyclic amines) is 1. The van der Waals surface area contributed by atoms with E-state index in [2.05, 4.69) is 20.1 Å². The molecule has 6 rings (SSSR count). The standard InChI is InChI=1S/C23H24F3N5O3/c24-23(25,26)21(32)33-17-3-1-2-16-18(17)19(14-6-7-14)28-31(16)22-27-20(34-29-22)15-8-10-30(11-9-15)12-13-4-5-13/h1-3,13-15H,4-12H2. The third kappa shape index (κ3) is 4.17. The molecule has 0 radical (unpaired) electrons. The highest BCUT2D eigenvalue weighted by Crippen LogP contribution is 2.45. The molecule has 2 aromatic heterocycles. The first-order chi connectivity index (χ1) is 16.4. The normalized spacial score (nSPS) is 20.2. The Labute approximate surface area is 193 Å². The fourth-order valence-electron chi connectivity index (χ4n) is 4.71. The van der Waals surface area contributed by atoms with Gasteiger partial charge in [-0.3, -0.25) is 0 Å². The van der Waals surface area contributed by atoms with Crippen molar-refractivity contribution in [2.75, 3.05) is 19.6 Å². The predicted molar refractivity (Wildman–Crippen MR) is 114 cm³/mol. The number of nitrogens with zero attached hydrogens (tertiary/aromatic N) is 5. The van der Waals surface area contributed by atoms with Crippen molar-refractivity contribution in [3.8, 4) is 11.7 Å². The van der Waals surface area contributed by atoms with Crippen molar-refractivity contribution in [2.45, 2.75) is 56.5 Å². The highest BCUT2D eigenvalue weighted by molar-refractivity contribution is 5.92. The lowest BCUT2D eigenvalue weighted by Crippen LogP contribution is -2.34. The quantitative estimate of drug-likeness (QED) is 0.387. The topological polar surface area (TPSA) is 86.3 Å². The van der Waals surface area contributed by atoms with Crippen molar-refractivity contribution in [3.05, 3.63) is 29.8 Å². The zero-order valence-corrected chi connectivity index (χ0v) is 18.4. The molecule has 3 aliphatic rings. The summed E-state index contributed by atoms with van der Waals surface area (Å²) >= 11 is 0. The molecule has 34 heavy (non-hydrogen) atoms. The number of halogens is 3. The summed E-state index contributed by atoms with van der Waals surface area (Å²) in [4.78, 5) is 18.6. The van der Waals surface area contributed by atoms with Gasteiger partial charge in [0.1, 0.15) is 5.75 Å². The summed E-state index contributed by atoms with van der Waals surface area (Å²) in [6, 6.07) is 4.57. The lowest BCUT2D eigenvalue weighted by Gasteiger charge is -2.30. The third-order valence-electron chi connectivity index (χ3n) is 6.87. The zero-order chi connectivity index (χ0) is 23.4. The van der Waals surface area contributed by atoms with Crippen molar-refractivity contribution in [3.63, 3.8) is 0 Å². The van der Waals surface area contributed by atoms with Crippen LogP contribution in [0.25, 0.3) is 16.9 Å². The van der Waals surface area contributed by atoms with Crippen LogP contribution in [-0.2, 0) is 4.79 Å².